The number of carbonyl (C=O) groups excluding carboxylic acids is 1. The first-order chi connectivity index (χ1) is 16.6. The van der Waals surface area contributed by atoms with Crippen molar-refractivity contribution in [1.29, 1.82) is 0 Å². The van der Waals surface area contributed by atoms with Crippen molar-refractivity contribution in [2.45, 2.75) is 56.9 Å². The van der Waals surface area contributed by atoms with Gasteiger partial charge in [0.15, 0.2) is 0 Å². The number of nitrogens with one attached hydrogen (secondary N) is 1. The lowest BCUT2D eigenvalue weighted by Gasteiger charge is -2.26. The van der Waals surface area contributed by atoms with E-state index in [0.29, 0.717) is 23.5 Å². The predicted molar refractivity (Wildman–Crippen MR) is 136 cm³/mol. The minimum absolute atomic E-state index is 0.0982. The second kappa shape index (κ2) is 9.99. The maximum Gasteiger partial charge on any atom is 0.267 e. The van der Waals surface area contributed by atoms with Gasteiger partial charge in [-0.3, -0.25) is 4.79 Å². The van der Waals surface area contributed by atoms with E-state index in [9.17, 15) is 13.2 Å². The second-order valence-corrected chi connectivity index (χ2v) is 12.0. The van der Waals surface area contributed by atoms with E-state index in [1.165, 1.54) is 12.4 Å². The number of fused-ring (bicyclic) bond motifs is 1. The minimum Gasteiger partial charge on any atom is -0.381 e. The molecular weight excluding hydrogens is 464 g/mol. The van der Waals surface area contributed by atoms with Gasteiger partial charge >= 0.3 is 0 Å². The highest BCUT2D eigenvalue weighted by Crippen LogP contribution is 2.30. The van der Waals surface area contributed by atoms with Gasteiger partial charge in [0.2, 0.25) is 5.91 Å². The molecule has 3 heterocycles. The third kappa shape index (κ3) is 5.51. The van der Waals surface area contributed by atoms with Gasteiger partial charge in [-0.2, -0.15) is 0 Å². The fourth-order valence-electron chi connectivity index (χ4n) is 4.44. The van der Waals surface area contributed by atoms with Gasteiger partial charge in [-0.15, -0.1) is 6.58 Å². The summed E-state index contributed by atoms with van der Waals surface area (Å²) in [7, 11) is -3.83. The van der Waals surface area contributed by atoms with Crippen molar-refractivity contribution in [3.63, 3.8) is 0 Å². The number of imidazole rings is 1. The Balaban J connectivity index is 1.65. The first kappa shape index (κ1) is 25.2. The standard InChI is InChI=1S/C26H34N4O4S/c1-5-11-27-24(31)15-20-8-12-29(17-20)35(32,33)21-6-7-23-22(16-21)28-25(26(2,3)4)30(23)18-19-9-13-34-14-10-19/h5-8,12,16-17,19H,1,9-11,13-15,18H2,2-4H3,(H,27,31). The maximum absolute atomic E-state index is 13.4. The molecule has 1 N–H and O–H groups in total. The molecule has 0 aliphatic carbocycles. The average molecular weight is 499 g/mol. The zero-order chi connectivity index (χ0) is 25.2. The number of carbonyl (C=O) groups is 1. The van der Waals surface area contributed by atoms with Crippen LogP contribution in [0.25, 0.3) is 11.0 Å². The number of benzene rings is 1. The molecule has 1 aliphatic rings. The molecule has 35 heavy (non-hydrogen) atoms. The van der Waals surface area contributed by atoms with Crippen molar-refractivity contribution >= 4 is 27.0 Å². The fraction of sp³-hybridized carbons (Fsp3) is 0.462. The molecule has 9 heteroatoms. The summed E-state index contributed by atoms with van der Waals surface area (Å²) < 4.78 is 35.6. The van der Waals surface area contributed by atoms with Crippen LogP contribution in [0.5, 0.6) is 0 Å². The zero-order valence-corrected chi connectivity index (χ0v) is 21.5. The lowest BCUT2D eigenvalue weighted by molar-refractivity contribution is -0.120. The molecule has 4 rings (SSSR count). The van der Waals surface area contributed by atoms with Crippen molar-refractivity contribution in [3.05, 3.63) is 60.7 Å². The molecule has 0 unspecified atom stereocenters. The maximum atomic E-state index is 13.4. The first-order valence-corrected chi connectivity index (χ1v) is 13.4. The quantitative estimate of drug-likeness (QED) is 0.479. The van der Waals surface area contributed by atoms with Gasteiger partial charge in [-0.1, -0.05) is 26.8 Å². The van der Waals surface area contributed by atoms with E-state index in [2.05, 4.69) is 37.2 Å². The predicted octanol–water partition coefficient (Wildman–Crippen LogP) is 3.64. The van der Waals surface area contributed by atoms with Crippen LogP contribution in [0.1, 0.15) is 45.0 Å². The summed E-state index contributed by atoms with van der Waals surface area (Å²) in [5.74, 6) is 1.27. The average Bonchev–Trinajstić information content (AvgIpc) is 3.43. The Hall–Kier alpha value is -2.91. The Kier molecular flexibility index (Phi) is 7.19. The van der Waals surface area contributed by atoms with Gasteiger partial charge in [0.05, 0.1) is 22.3 Å². The SMILES string of the molecule is C=CCNC(=O)Cc1ccn(S(=O)(=O)c2ccc3c(c2)nc(C(C)(C)C)n3CC2CCOCC2)c1. The van der Waals surface area contributed by atoms with Crippen LogP contribution in [0, 0.1) is 5.92 Å². The molecule has 188 valence electrons. The van der Waals surface area contributed by atoms with E-state index < -0.39 is 10.0 Å². The lowest BCUT2D eigenvalue weighted by Crippen LogP contribution is -2.25. The molecule has 0 bridgehead atoms. The Morgan fingerprint density at radius 3 is 2.69 bits per heavy atom. The fourth-order valence-corrected chi connectivity index (χ4v) is 5.68. The number of nitrogens with zero attached hydrogens (tertiary/aromatic N) is 3. The van der Waals surface area contributed by atoms with Crippen LogP contribution in [-0.4, -0.2) is 47.6 Å². The van der Waals surface area contributed by atoms with Crippen molar-refractivity contribution in [3.8, 4) is 0 Å². The molecule has 1 fully saturated rings. The van der Waals surface area contributed by atoms with Gasteiger partial charge in [0.25, 0.3) is 10.0 Å². The van der Waals surface area contributed by atoms with Gasteiger partial charge in [-0.25, -0.2) is 17.4 Å². The van der Waals surface area contributed by atoms with Crippen LogP contribution in [0.3, 0.4) is 0 Å². The summed E-state index contributed by atoms with van der Waals surface area (Å²) in [6.07, 6.45) is 6.67. The molecular formula is C26H34N4O4S. The summed E-state index contributed by atoms with van der Waals surface area (Å²) >= 11 is 0. The Labute approximate surface area is 207 Å². The van der Waals surface area contributed by atoms with Crippen molar-refractivity contribution in [1.82, 2.24) is 18.8 Å². The van der Waals surface area contributed by atoms with Crippen LogP contribution in [0.15, 0.2) is 54.2 Å². The lowest BCUT2D eigenvalue weighted by atomic mass is 9.94. The smallest absolute Gasteiger partial charge is 0.267 e. The molecule has 1 amide bonds. The highest BCUT2D eigenvalue weighted by atomic mass is 32.2. The number of hydrogen-bond donors (Lipinski definition) is 1. The number of ether oxygens (including phenoxy) is 1. The third-order valence-electron chi connectivity index (χ3n) is 6.28. The van der Waals surface area contributed by atoms with Gasteiger partial charge in [-0.05, 0) is 48.6 Å². The summed E-state index contributed by atoms with van der Waals surface area (Å²) in [6, 6.07) is 6.79. The molecule has 3 aromatic rings. The number of hydrogen-bond acceptors (Lipinski definition) is 5. The van der Waals surface area contributed by atoms with Gasteiger partial charge in [0.1, 0.15) is 5.82 Å². The molecule has 1 aromatic carbocycles. The highest BCUT2D eigenvalue weighted by molar-refractivity contribution is 7.90. The number of aromatic nitrogens is 3. The highest BCUT2D eigenvalue weighted by Gasteiger charge is 2.27. The van der Waals surface area contributed by atoms with Crippen molar-refractivity contribution in [2.75, 3.05) is 19.8 Å². The van der Waals surface area contributed by atoms with Crippen LogP contribution in [-0.2, 0) is 37.9 Å². The van der Waals surface area contributed by atoms with E-state index in [1.807, 2.05) is 6.07 Å². The Morgan fingerprint density at radius 2 is 2.00 bits per heavy atom. The normalized spacial score (nSPS) is 15.4. The molecule has 2 aromatic heterocycles. The van der Waals surface area contributed by atoms with E-state index >= 15 is 0 Å². The first-order valence-electron chi connectivity index (χ1n) is 12.0. The minimum atomic E-state index is -3.83. The van der Waals surface area contributed by atoms with Crippen molar-refractivity contribution in [2.24, 2.45) is 5.92 Å². The van der Waals surface area contributed by atoms with E-state index in [0.717, 1.165) is 47.9 Å². The van der Waals surface area contributed by atoms with E-state index in [-0.39, 0.29) is 22.6 Å². The van der Waals surface area contributed by atoms with Gasteiger partial charge in [0, 0.05) is 44.1 Å². The van der Waals surface area contributed by atoms with Crippen LogP contribution < -0.4 is 5.32 Å². The number of amides is 1. The summed E-state index contributed by atoms with van der Waals surface area (Å²) in [5.41, 5.74) is 2.03. The molecule has 0 radical (unpaired) electrons. The number of rotatable bonds is 8. The molecule has 8 nitrogen and oxygen atoms in total. The Bertz CT molecular complexity index is 1330. The topological polar surface area (TPSA) is 95.2 Å². The zero-order valence-electron chi connectivity index (χ0n) is 20.7. The van der Waals surface area contributed by atoms with Gasteiger partial charge < -0.3 is 14.6 Å². The molecule has 0 atom stereocenters. The van der Waals surface area contributed by atoms with Crippen LogP contribution in [0.4, 0.5) is 0 Å². The summed E-state index contributed by atoms with van der Waals surface area (Å²) in [5, 5.41) is 2.70. The summed E-state index contributed by atoms with van der Waals surface area (Å²) in [4.78, 5) is 17.0. The molecule has 1 saturated heterocycles. The van der Waals surface area contributed by atoms with Crippen molar-refractivity contribution < 1.29 is 17.9 Å². The van der Waals surface area contributed by atoms with E-state index in [4.69, 9.17) is 9.72 Å². The third-order valence-corrected chi connectivity index (χ3v) is 7.92. The Morgan fingerprint density at radius 1 is 1.26 bits per heavy atom. The van der Waals surface area contributed by atoms with Crippen LogP contribution >= 0.6 is 0 Å². The summed E-state index contributed by atoms with van der Waals surface area (Å²) in [6.45, 7) is 12.7. The van der Waals surface area contributed by atoms with E-state index in [1.54, 1.807) is 24.3 Å². The molecule has 1 aliphatic heterocycles. The second-order valence-electron chi connectivity index (χ2n) is 10.1. The molecule has 0 saturated carbocycles. The van der Waals surface area contributed by atoms with Crippen LogP contribution in [0.2, 0.25) is 0 Å². The molecule has 0 spiro atoms. The monoisotopic (exact) mass is 498 g/mol. The largest absolute Gasteiger partial charge is 0.381 e.